The molecule has 1 aliphatic carbocycles. The second-order valence-electron chi connectivity index (χ2n) is 5.61. The van der Waals surface area contributed by atoms with Gasteiger partial charge in [0.15, 0.2) is 0 Å². The Labute approximate surface area is 123 Å². The largest absolute Gasteiger partial charge is 0.411 e. The van der Waals surface area contributed by atoms with Gasteiger partial charge in [0, 0.05) is 6.04 Å². The van der Waals surface area contributed by atoms with E-state index in [2.05, 4.69) is 17.4 Å². The van der Waals surface area contributed by atoms with E-state index in [4.69, 9.17) is 4.74 Å². The molecule has 0 aromatic heterocycles. The van der Waals surface area contributed by atoms with Crippen LogP contribution in [0.5, 0.6) is 0 Å². The predicted octanol–water partition coefficient (Wildman–Crippen LogP) is 3.74. The van der Waals surface area contributed by atoms with Crippen molar-refractivity contribution in [2.75, 3.05) is 19.8 Å². The molecule has 0 heterocycles. The monoisotopic (exact) mass is 301 g/mol. The van der Waals surface area contributed by atoms with Gasteiger partial charge in [0.05, 0.1) is 6.61 Å². The fourth-order valence-electron chi connectivity index (χ4n) is 2.71. The summed E-state index contributed by atoms with van der Waals surface area (Å²) >= 11 is 0. The second kappa shape index (κ2) is 7.27. The Balaban J connectivity index is 1.86. The average Bonchev–Trinajstić information content (AvgIpc) is 3.23. The van der Waals surface area contributed by atoms with Gasteiger partial charge in [0.25, 0.3) is 0 Å². The normalized spacial score (nSPS) is 23.0. The molecule has 1 aromatic carbocycles. The number of alkyl halides is 3. The number of rotatable bonds is 8. The van der Waals surface area contributed by atoms with Gasteiger partial charge in [0.2, 0.25) is 0 Å². The maximum atomic E-state index is 12.2. The van der Waals surface area contributed by atoms with Crippen LogP contribution in [0, 0.1) is 5.92 Å². The van der Waals surface area contributed by atoms with Gasteiger partial charge in [-0.15, -0.1) is 0 Å². The third-order valence-corrected chi connectivity index (χ3v) is 3.80. The lowest BCUT2D eigenvalue weighted by molar-refractivity contribution is -0.175. The highest BCUT2D eigenvalue weighted by atomic mass is 19.4. The van der Waals surface area contributed by atoms with Gasteiger partial charge >= 0.3 is 6.18 Å². The Bertz CT molecular complexity index is 421. The molecular weight excluding hydrogens is 279 g/mol. The Kier molecular flexibility index (Phi) is 5.65. The first-order chi connectivity index (χ1) is 10.0. The molecule has 1 saturated carbocycles. The van der Waals surface area contributed by atoms with Crippen LogP contribution in [-0.4, -0.2) is 32.0 Å². The van der Waals surface area contributed by atoms with E-state index in [1.165, 1.54) is 5.56 Å². The number of benzene rings is 1. The van der Waals surface area contributed by atoms with Crippen LogP contribution in [0.15, 0.2) is 30.3 Å². The molecule has 0 bridgehead atoms. The summed E-state index contributed by atoms with van der Waals surface area (Å²) in [5.41, 5.74) is 1.27. The summed E-state index contributed by atoms with van der Waals surface area (Å²) < 4.78 is 41.4. The molecule has 21 heavy (non-hydrogen) atoms. The summed E-state index contributed by atoms with van der Waals surface area (Å²) in [6, 6.07) is 10.1. The zero-order valence-electron chi connectivity index (χ0n) is 12.2. The molecule has 1 N–H and O–H groups in total. The number of nitrogens with one attached hydrogen (secondary N) is 1. The second-order valence-corrected chi connectivity index (χ2v) is 5.61. The van der Waals surface area contributed by atoms with E-state index in [0.29, 0.717) is 11.8 Å². The predicted molar refractivity (Wildman–Crippen MR) is 76.2 cm³/mol. The molecule has 0 amide bonds. The van der Waals surface area contributed by atoms with E-state index >= 15 is 0 Å². The molecule has 118 valence electrons. The van der Waals surface area contributed by atoms with Crippen molar-refractivity contribution in [3.63, 3.8) is 0 Å². The lowest BCUT2D eigenvalue weighted by Crippen LogP contribution is -2.37. The quantitative estimate of drug-likeness (QED) is 0.790. The first-order valence-electron chi connectivity index (χ1n) is 7.44. The molecule has 1 aliphatic rings. The number of ether oxygens (including phenoxy) is 1. The van der Waals surface area contributed by atoms with E-state index in [1.807, 2.05) is 25.1 Å². The lowest BCUT2D eigenvalue weighted by Gasteiger charge is -2.19. The van der Waals surface area contributed by atoms with Crippen LogP contribution in [0.4, 0.5) is 13.2 Å². The van der Waals surface area contributed by atoms with Crippen LogP contribution < -0.4 is 5.32 Å². The van der Waals surface area contributed by atoms with Crippen molar-refractivity contribution < 1.29 is 17.9 Å². The Morgan fingerprint density at radius 3 is 2.62 bits per heavy atom. The van der Waals surface area contributed by atoms with Crippen LogP contribution in [0.1, 0.15) is 31.2 Å². The summed E-state index contributed by atoms with van der Waals surface area (Å²) in [5, 5.41) is 3.33. The van der Waals surface area contributed by atoms with E-state index in [1.54, 1.807) is 0 Å². The van der Waals surface area contributed by atoms with E-state index in [0.717, 1.165) is 19.4 Å². The summed E-state index contributed by atoms with van der Waals surface area (Å²) in [4.78, 5) is 0. The molecule has 3 unspecified atom stereocenters. The van der Waals surface area contributed by atoms with Crippen molar-refractivity contribution in [1.82, 2.24) is 5.32 Å². The topological polar surface area (TPSA) is 21.3 Å². The van der Waals surface area contributed by atoms with Gasteiger partial charge in [-0.2, -0.15) is 13.2 Å². The fraction of sp³-hybridized carbons (Fsp3) is 0.625. The van der Waals surface area contributed by atoms with Crippen LogP contribution in [-0.2, 0) is 4.74 Å². The number of hydrogen-bond donors (Lipinski definition) is 1. The van der Waals surface area contributed by atoms with Gasteiger partial charge in [-0.05, 0) is 36.8 Å². The first kappa shape index (κ1) is 16.3. The highest BCUT2D eigenvalue weighted by Gasteiger charge is 2.43. The molecule has 1 aromatic rings. The highest BCUT2D eigenvalue weighted by Crippen LogP contribution is 2.49. The molecule has 2 rings (SSSR count). The molecule has 0 saturated heterocycles. The van der Waals surface area contributed by atoms with Crippen molar-refractivity contribution in [3.8, 4) is 0 Å². The molecular formula is C16H22F3NO. The van der Waals surface area contributed by atoms with Crippen molar-refractivity contribution in [3.05, 3.63) is 35.9 Å². The Morgan fingerprint density at radius 1 is 1.29 bits per heavy atom. The van der Waals surface area contributed by atoms with Crippen molar-refractivity contribution in [2.24, 2.45) is 5.92 Å². The van der Waals surface area contributed by atoms with E-state index in [9.17, 15) is 13.2 Å². The Hall–Kier alpha value is -1.07. The van der Waals surface area contributed by atoms with Crippen molar-refractivity contribution in [1.29, 1.82) is 0 Å². The Morgan fingerprint density at radius 2 is 2.00 bits per heavy atom. The van der Waals surface area contributed by atoms with Gasteiger partial charge in [-0.25, -0.2) is 0 Å². The third kappa shape index (κ3) is 5.32. The molecule has 3 atom stereocenters. The zero-order chi connectivity index (χ0) is 15.3. The van der Waals surface area contributed by atoms with Crippen LogP contribution in [0.25, 0.3) is 0 Å². The summed E-state index contributed by atoms with van der Waals surface area (Å²) in [6.45, 7) is 1.80. The van der Waals surface area contributed by atoms with Gasteiger partial charge in [-0.1, -0.05) is 37.3 Å². The SMILES string of the molecule is CCCNC(COCC(F)(F)F)C1CC1c1ccccc1. The van der Waals surface area contributed by atoms with Gasteiger partial charge < -0.3 is 10.1 Å². The van der Waals surface area contributed by atoms with Gasteiger partial charge in [0.1, 0.15) is 6.61 Å². The maximum Gasteiger partial charge on any atom is 0.411 e. The molecule has 2 nitrogen and oxygen atoms in total. The fourth-order valence-corrected chi connectivity index (χ4v) is 2.71. The van der Waals surface area contributed by atoms with Crippen molar-refractivity contribution >= 4 is 0 Å². The number of hydrogen-bond acceptors (Lipinski definition) is 2. The third-order valence-electron chi connectivity index (χ3n) is 3.80. The highest BCUT2D eigenvalue weighted by molar-refractivity contribution is 5.26. The molecule has 0 spiro atoms. The molecule has 5 heteroatoms. The minimum atomic E-state index is -4.25. The maximum absolute atomic E-state index is 12.2. The molecule has 0 radical (unpaired) electrons. The van der Waals surface area contributed by atoms with Crippen molar-refractivity contribution in [2.45, 2.75) is 37.9 Å². The smallest absolute Gasteiger partial charge is 0.370 e. The van der Waals surface area contributed by atoms with E-state index in [-0.39, 0.29) is 12.6 Å². The minimum Gasteiger partial charge on any atom is -0.370 e. The molecule has 1 fully saturated rings. The average molecular weight is 301 g/mol. The van der Waals surface area contributed by atoms with Gasteiger partial charge in [-0.3, -0.25) is 0 Å². The summed E-state index contributed by atoms with van der Waals surface area (Å²) in [7, 11) is 0. The van der Waals surface area contributed by atoms with Crippen LogP contribution >= 0.6 is 0 Å². The van der Waals surface area contributed by atoms with Crippen LogP contribution in [0.2, 0.25) is 0 Å². The minimum absolute atomic E-state index is 0.00231. The number of halogens is 3. The van der Waals surface area contributed by atoms with E-state index < -0.39 is 12.8 Å². The standard InChI is InChI=1S/C16H22F3NO/c1-2-8-20-15(10-21-11-16(17,18)19)14-9-13(14)12-6-4-3-5-7-12/h3-7,13-15,20H,2,8-11H2,1H3. The zero-order valence-corrected chi connectivity index (χ0v) is 12.2. The summed E-state index contributed by atoms with van der Waals surface area (Å²) in [6.07, 6.45) is -2.28. The summed E-state index contributed by atoms with van der Waals surface area (Å²) in [5.74, 6) is 0.808. The molecule has 0 aliphatic heterocycles. The lowest BCUT2D eigenvalue weighted by atomic mass is 10.1. The van der Waals surface area contributed by atoms with Crippen LogP contribution in [0.3, 0.4) is 0 Å². The first-order valence-corrected chi connectivity index (χ1v) is 7.44.